The molecule has 1 fully saturated rings. The zero-order valence-corrected chi connectivity index (χ0v) is 15.1. The van der Waals surface area contributed by atoms with Crippen molar-refractivity contribution in [2.45, 2.75) is 44.0 Å². The molecule has 24 heavy (non-hydrogen) atoms. The number of hydrogen-bond acceptors (Lipinski definition) is 4. The van der Waals surface area contributed by atoms with Crippen LogP contribution in [-0.4, -0.2) is 44.5 Å². The number of nitrogens with one attached hydrogen (secondary N) is 1. The lowest BCUT2D eigenvalue weighted by atomic mass is 9.76. The molecule has 1 atom stereocenters. The van der Waals surface area contributed by atoms with Gasteiger partial charge < -0.3 is 5.11 Å². The van der Waals surface area contributed by atoms with E-state index < -0.39 is 21.4 Å². The maximum absolute atomic E-state index is 11.8. The molecule has 0 spiro atoms. The molecule has 1 aromatic carbocycles. The van der Waals surface area contributed by atoms with Gasteiger partial charge in [0.05, 0.1) is 10.3 Å². The Hall–Kier alpha value is -1.44. The molecule has 7 heteroatoms. The van der Waals surface area contributed by atoms with Gasteiger partial charge in [0, 0.05) is 13.1 Å². The van der Waals surface area contributed by atoms with Crippen LogP contribution in [0.5, 0.6) is 0 Å². The summed E-state index contributed by atoms with van der Waals surface area (Å²) in [5, 5.41) is 9.66. The smallest absolute Gasteiger partial charge is 0.310 e. The number of aliphatic carboxylic acids is 1. The van der Waals surface area contributed by atoms with Gasteiger partial charge in [-0.25, -0.2) is 13.1 Å². The Kier molecular flexibility index (Phi) is 6.01. The first kappa shape index (κ1) is 18.9. The SMILES string of the molecule is CCCC1(C(=O)O)CCCN(Cc2ccc(S(=O)(=O)NC)cc2)C1. The summed E-state index contributed by atoms with van der Waals surface area (Å²) in [5.41, 5.74) is 0.338. The van der Waals surface area contributed by atoms with Gasteiger partial charge in [-0.15, -0.1) is 0 Å². The summed E-state index contributed by atoms with van der Waals surface area (Å²) in [6.07, 6.45) is 3.15. The predicted octanol–water partition coefficient (Wildman–Crippen LogP) is 2.06. The predicted molar refractivity (Wildman–Crippen MR) is 92.2 cm³/mol. The van der Waals surface area contributed by atoms with E-state index in [9.17, 15) is 18.3 Å². The van der Waals surface area contributed by atoms with Crippen LogP contribution in [0.15, 0.2) is 29.2 Å². The molecule has 0 amide bonds. The third kappa shape index (κ3) is 4.15. The first-order valence-corrected chi connectivity index (χ1v) is 9.79. The summed E-state index contributed by atoms with van der Waals surface area (Å²) in [7, 11) is -2.04. The number of benzene rings is 1. The lowest BCUT2D eigenvalue weighted by molar-refractivity contribution is -0.153. The van der Waals surface area contributed by atoms with Crippen LogP contribution in [0.3, 0.4) is 0 Å². The summed E-state index contributed by atoms with van der Waals surface area (Å²) < 4.78 is 25.8. The number of rotatable bonds is 7. The third-order valence-electron chi connectivity index (χ3n) is 4.75. The van der Waals surface area contributed by atoms with Gasteiger partial charge >= 0.3 is 5.97 Å². The van der Waals surface area contributed by atoms with Gasteiger partial charge in [-0.05, 0) is 50.6 Å². The molecular formula is C17H26N2O4S. The molecule has 0 aromatic heterocycles. The van der Waals surface area contributed by atoms with Crippen molar-refractivity contribution in [2.75, 3.05) is 20.1 Å². The van der Waals surface area contributed by atoms with Gasteiger partial charge in [0.15, 0.2) is 0 Å². The van der Waals surface area contributed by atoms with E-state index in [1.54, 1.807) is 24.3 Å². The molecule has 1 unspecified atom stereocenters. The average Bonchev–Trinajstić information content (AvgIpc) is 2.56. The second-order valence-electron chi connectivity index (χ2n) is 6.50. The Labute approximate surface area is 143 Å². The molecule has 1 aliphatic rings. The van der Waals surface area contributed by atoms with Crippen LogP contribution in [0.25, 0.3) is 0 Å². The monoisotopic (exact) mass is 354 g/mol. The highest BCUT2D eigenvalue weighted by Gasteiger charge is 2.41. The molecule has 1 heterocycles. The quantitative estimate of drug-likeness (QED) is 0.783. The molecule has 0 bridgehead atoms. The van der Waals surface area contributed by atoms with Crippen molar-refractivity contribution < 1.29 is 18.3 Å². The molecule has 1 saturated heterocycles. The van der Waals surface area contributed by atoms with Crippen molar-refractivity contribution in [3.05, 3.63) is 29.8 Å². The average molecular weight is 354 g/mol. The molecule has 2 N–H and O–H groups in total. The first-order chi connectivity index (χ1) is 11.3. The Bertz CT molecular complexity index is 668. The van der Waals surface area contributed by atoms with Crippen LogP contribution in [0.2, 0.25) is 0 Å². The van der Waals surface area contributed by atoms with E-state index >= 15 is 0 Å². The van der Waals surface area contributed by atoms with Gasteiger partial charge in [0.2, 0.25) is 10.0 Å². The number of carboxylic acids is 1. The zero-order valence-electron chi connectivity index (χ0n) is 14.3. The number of carboxylic acid groups (broad SMARTS) is 1. The topological polar surface area (TPSA) is 86.7 Å². The number of sulfonamides is 1. The molecule has 0 saturated carbocycles. The van der Waals surface area contributed by atoms with E-state index in [4.69, 9.17) is 0 Å². The standard InChI is InChI=1S/C17H26N2O4S/c1-3-9-17(16(20)21)10-4-11-19(13-17)12-14-5-7-15(8-6-14)24(22,23)18-2/h5-8,18H,3-4,9-13H2,1-2H3,(H,20,21). The van der Waals surface area contributed by atoms with Crippen LogP contribution in [0, 0.1) is 5.41 Å². The van der Waals surface area contributed by atoms with Gasteiger partial charge in [-0.3, -0.25) is 9.69 Å². The van der Waals surface area contributed by atoms with E-state index in [2.05, 4.69) is 9.62 Å². The minimum atomic E-state index is -3.43. The fourth-order valence-electron chi connectivity index (χ4n) is 3.48. The fourth-order valence-corrected chi connectivity index (χ4v) is 4.21. The lowest BCUT2D eigenvalue weighted by Gasteiger charge is -2.40. The number of piperidine rings is 1. The van der Waals surface area contributed by atoms with Crippen molar-refractivity contribution in [3.63, 3.8) is 0 Å². The second kappa shape index (κ2) is 7.63. The molecule has 6 nitrogen and oxygen atoms in total. The molecular weight excluding hydrogens is 328 g/mol. The lowest BCUT2D eigenvalue weighted by Crippen LogP contribution is -2.47. The molecule has 0 radical (unpaired) electrons. The van der Waals surface area contributed by atoms with E-state index in [-0.39, 0.29) is 4.90 Å². The van der Waals surface area contributed by atoms with Crippen LogP contribution in [0.4, 0.5) is 0 Å². The summed E-state index contributed by atoms with van der Waals surface area (Å²) >= 11 is 0. The van der Waals surface area contributed by atoms with Crippen molar-refractivity contribution in [3.8, 4) is 0 Å². The maximum Gasteiger partial charge on any atom is 0.310 e. The highest BCUT2D eigenvalue weighted by atomic mass is 32.2. The van der Waals surface area contributed by atoms with E-state index in [1.165, 1.54) is 7.05 Å². The molecule has 2 rings (SSSR count). The summed E-state index contributed by atoms with van der Waals surface area (Å²) in [6, 6.07) is 6.76. The van der Waals surface area contributed by atoms with Gasteiger partial charge in [0.25, 0.3) is 0 Å². The van der Waals surface area contributed by atoms with Crippen molar-refractivity contribution >= 4 is 16.0 Å². The highest BCUT2D eigenvalue weighted by molar-refractivity contribution is 7.89. The summed E-state index contributed by atoms with van der Waals surface area (Å²) in [5.74, 6) is -0.704. The van der Waals surface area contributed by atoms with E-state index in [0.717, 1.165) is 31.4 Å². The summed E-state index contributed by atoms with van der Waals surface area (Å²) in [4.78, 5) is 14.1. The fraction of sp³-hybridized carbons (Fsp3) is 0.588. The van der Waals surface area contributed by atoms with E-state index in [0.29, 0.717) is 19.5 Å². The van der Waals surface area contributed by atoms with Crippen LogP contribution < -0.4 is 4.72 Å². The third-order valence-corrected chi connectivity index (χ3v) is 6.18. The maximum atomic E-state index is 11.8. The Balaban J connectivity index is 2.09. The number of carbonyl (C=O) groups is 1. The minimum absolute atomic E-state index is 0.234. The van der Waals surface area contributed by atoms with Gasteiger partial charge in [-0.2, -0.15) is 0 Å². The summed E-state index contributed by atoms with van der Waals surface area (Å²) in [6.45, 7) is 4.07. The Morgan fingerprint density at radius 3 is 2.54 bits per heavy atom. The number of likely N-dealkylation sites (tertiary alicyclic amines) is 1. The minimum Gasteiger partial charge on any atom is -0.481 e. The normalized spacial score (nSPS) is 22.4. The van der Waals surface area contributed by atoms with Crippen molar-refractivity contribution in [1.82, 2.24) is 9.62 Å². The van der Waals surface area contributed by atoms with Crippen molar-refractivity contribution in [1.29, 1.82) is 0 Å². The molecule has 134 valence electrons. The van der Waals surface area contributed by atoms with Gasteiger partial charge in [0.1, 0.15) is 0 Å². The Morgan fingerprint density at radius 1 is 1.33 bits per heavy atom. The van der Waals surface area contributed by atoms with Crippen LogP contribution >= 0.6 is 0 Å². The Morgan fingerprint density at radius 2 is 2.00 bits per heavy atom. The first-order valence-electron chi connectivity index (χ1n) is 8.31. The van der Waals surface area contributed by atoms with Crippen molar-refractivity contribution in [2.24, 2.45) is 5.41 Å². The zero-order chi connectivity index (χ0) is 17.8. The van der Waals surface area contributed by atoms with Crippen LogP contribution in [-0.2, 0) is 21.4 Å². The van der Waals surface area contributed by atoms with Crippen LogP contribution in [0.1, 0.15) is 38.2 Å². The van der Waals surface area contributed by atoms with E-state index in [1.807, 2.05) is 6.92 Å². The molecule has 0 aliphatic carbocycles. The largest absolute Gasteiger partial charge is 0.481 e. The number of nitrogens with zero attached hydrogens (tertiary/aromatic N) is 1. The second-order valence-corrected chi connectivity index (χ2v) is 8.39. The van der Waals surface area contributed by atoms with Gasteiger partial charge in [-0.1, -0.05) is 25.5 Å². The highest BCUT2D eigenvalue weighted by Crippen LogP contribution is 2.35. The molecule has 1 aliphatic heterocycles. The molecule has 1 aromatic rings. The number of hydrogen-bond donors (Lipinski definition) is 2.